The third-order valence-electron chi connectivity index (χ3n) is 4.75. The highest BCUT2D eigenvalue weighted by Gasteiger charge is 2.32. The number of hydrogen-bond donors (Lipinski definition) is 1. The minimum absolute atomic E-state index is 0.555. The van der Waals surface area contributed by atoms with Gasteiger partial charge in [0.05, 0.1) is 7.11 Å². The maximum atomic E-state index is 5.31. The van der Waals surface area contributed by atoms with E-state index in [-0.39, 0.29) is 0 Å². The van der Waals surface area contributed by atoms with Crippen molar-refractivity contribution in [2.75, 3.05) is 25.1 Å². The van der Waals surface area contributed by atoms with Gasteiger partial charge in [-0.05, 0) is 56.5 Å². The van der Waals surface area contributed by atoms with Crippen LogP contribution in [-0.2, 0) is 0 Å². The summed E-state index contributed by atoms with van der Waals surface area (Å²) in [6.07, 6.45) is 1.21. The van der Waals surface area contributed by atoms with Crippen LogP contribution in [0.25, 0.3) is 0 Å². The fourth-order valence-corrected chi connectivity index (χ4v) is 3.33. The number of piperidine rings is 1. The molecule has 2 rings (SSSR count). The summed E-state index contributed by atoms with van der Waals surface area (Å²) in [5.41, 5.74) is 2.64. The molecule has 0 bridgehead atoms. The summed E-state index contributed by atoms with van der Waals surface area (Å²) >= 11 is 0. The molecule has 0 spiro atoms. The van der Waals surface area contributed by atoms with Gasteiger partial charge in [0.15, 0.2) is 0 Å². The van der Waals surface area contributed by atoms with E-state index >= 15 is 0 Å². The lowest BCUT2D eigenvalue weighted by Crippen LogP contribution is -2.53. The van der Waals surface area contributed by atoms with Crippen molar-refractivity contribution in [3.05, 3.63) is 23.8 Å². The first kappa shape index (κ1) is 15.2. The van der Waals surface area contributed by atoms with Crippen molar-refractivity contribution in [1.29, 1.82) is 0 Å². The van der Waals surface area contributed by atoms with Gasteiger partial charge < -0.3 is 15.0 Å². The van der Waals surface area contributed by atoms with E-state index < -0.39 is 0 Å². The number of hydrogen-bond acceptors (Lipinski definition) is 3. The van der Waals surface area contributed by atoms with Crippen molar-refractivity contribution < 1.29 is 4.74 Å². The predicted octanol–water partition coefficient (Wildman–Crippen LogP) is 3.22. The zero-order chi connectivity index (χ0) is 14.7. The molecular weight excluding hydrogens is 248 g/mol. The minimum Gasteiger partial charge on any atom is -0.497 e. The average molecular weight is 276 g/mol. The Morgan fingerprint density at radius 1 is 1.35 bits per heavy atom. The molecule has 0 aromatic heterocycles. The van der Waals surface area contributed by atoms with Gasteiger partial charge in [-0.1, -0.05) is 13.8 Å². The molecule has 1 aliphatic heterocycles. The Balaban J connectivity index is 2.18. The highest BCUT2D eigenvalue weighted by atomic mass is 16.5. The largest absolute Gasteiger partial charge is 0.497 e. The van der Waals surface area contributed by atoms with Crippen LogP contribution in [0.1, 0.15) is 32.8 Å². The van der Waals surface area contributed by atoms with Crippen LogP contribution in [0, 0.1) is 12.8 Å². The third kappa shape index (κ3) is 2.93. The fraction of sp³-hybridized carbons (Fsp3) is 0.647. The van der Waals surface area contributed by atoms with E-state index in [2.05, 4.69) is 56.1 Å². The second-order valence-electron chi connectivity index (χ2n) is 5.90. The van der Waals surface area contributed by atoms with Crippen molar-refractivity contribution in [3.8, 4) is 5.75 Å². The van der Waals surface area contributed by atoms with Gasteiger partial charge in [-0.2, -0.15) is 0 Å². The predicted molar refractivity (Wildman–Crippen MR) is 85.8 cm³/mol. The van der Waals surface area contributed by atoms with E-state index in [1.54, 1.807) is 7.11 Å². The van der Waals surface area contributed by atoms with Crippen molar-refractivity contribution >= 4 is 5.69 Å². The molecule has 0 saturated carbocycles. The molecular formula is C17H28N2O. The van der Waals surface area contributed by atoms with Crippen molar-refractivity contribution in [3.63, 3.8) is 0 Å². The van der Waals surface area contributed by atoms with E-state index in [0.717, 1.165) is 18.8 Å². The van der Waals surface area contributed by atoms with Gasteiger partial charge in [-0.15, -0.1) is 0 Å². The summed E-state index contributed by atoms with van der Waals surface area (Å²) in [6.45, 7) is 11.3. The first-order valence-corrected chi connectivity index (χ1v) is 7.73. The molecule has 3 atom stereocenters. The van der Waals surface area contributed by atoms with E-state index in [4.69, 9.17) is 4.74 Å². The second-order valence-corrected chi connectivity index (χ2v) is 5.90. The first-order chi connectivity index (χ1) is 9.58. The highest BCUT2D eigenvalue weighted by molar-refractivity contribution is 5.57. The van der Waals surface area contributed by atoms with Crippen molar-refractivity contribution in [1.82, 2.24) is 5.32 Å². The van der Waals surface area contributed by atoms with Crippen LogP contribution < -0.4 is 15.0 Å². The van der Waals surface area contributed by atoms with Crippen LogP contribution in [-0.4, -0.2) is 32.3 Å². The quantitative estimate of drug-likeness (QED) is 0.914. The number of benzene rings is 1. The number of ether oxygens (including phenoxy) is 1. The molecule has 20 heavy (non-hydrogen) atoms. The molecule has 1 aromatic carbocycles. The standard InChI is InChI=1S/C17H28N2O/c1-6-18-16-9-10-19(14(4)13(16)3)17-8-7-15(20-5)11-12(17)2/h7-8,11,13-14,16,18H,6,9-10H2,1-5H3. The molecule has 3 nitrogen and oxygen atoms in total. The summed E-state index contributed by atoms with van der Waals surface area (Å²) in [6, 6.07) is 7.59. The second kappa shape index (κ2) is 6.49. The maximum Gasteiger partial charge on any atom is 0.119 e. The summed E-state index contributed by atoms with van der Waals surface area (Å²) < 4.78 is 5.31. The maximum absolute atomic E-state index is 5.31. The van der Waals surface area contributed by atoms with E-state index in [9.17, 15) is 0 Å². The summed E-state index contributed by atoms with van der Waals surface area (Å²) in [5, 5.41) is 3.62. The average Bonchev–Trinajstić information content (AvgIpc) is 2.45. The number of anilines is 1. The minimum atomic E-state index is 0.555. The van der Waals surface area contributed by atoms with Crippen LogP contribution in [0.15, 0.2) is 18.2 Å². The van der Waals surface area contributed by atoms with Gasteiger partial charge in [0, 0.05) is 24.3 Å². The van der Waals surface area contributed by atoms with Crippen LogP contribution >= 0.6 is 0 Å². The van der Waals surface area contributed by atoms with E-state index in [1.165, 1.54) is 17.7 Å². The first-order valence-electron chi connectivity index (χ1n) is 7.73. The molecule has 1 N–H and O–H groups in total. The topological polar surface area (TPSA) is 24.5 Å². The number of nitrogens with one attached hydrogen (secondary N) is 1. The molecule has 3 unspecified atom stereocenters. The molecule has 0 amide bonds. The van der Waals surface area contributed by atoms with Gasteiger partial charge >= 0.3 is 0 Å². The Kier molecular flexibility index (Phi) is 4.92. The van der Waals surface area contributed by atoms with Gasteiger partial charge in [-0.3, -0.25) is 0 Å². The molecule has 1 saturated heterocycles. The molecule has 1 fully saturated rings. The number of aryl methyl sites for hydroxylation is 1. The van der Waals surface area contributed by atoms with Crippen molar-refractivity contribution in [2.45, 2.75) is 46.2 Å². The van der Waals surface area contributed by atoms with Gasteiger partial charge in [-0.25, -0.2) is 0 Å². The Hall–Kier alpha value is -1.22. The molecule has 1 heterocycles. The Morgan fingerprint density at radius 2 is 2.10 bits per heavy atom. The number of rotatable bonds is 4. The van der Waals surface area contributed by atoms with E-state index in [1.807, 2.05) is 0 Å². The van der Waals surface area contributed by atoms with Gasteiger partial charge in [0.1, 0.15) is 5.75 Å². The number of nitrogens with zero attached hydrogens (tertiary/aromatic N) is 1. The lowest BCUT2D eigenvalue weighted by Gasteiger charge is -2.45. The van der Waals surface area contributed by atoms with E-state index in [0.29, 0.717) is 18.0 Å². The summed E-state index contributed by atoms with van der Waals surface area (Å²) in [7, 11) is 1.72. The Labute approximate surface area is 123 Å². The van der Waals surface area contributed by atoms with Crippen LogP contribution in [0.3, 0.4) is 0 Å². The monoisotopic (exact) mass is 276 g/mol. The summed E-state index contributed by atoms with van der Waals surface area (Å²) in [5.74, 6) is 1.60. The zero-order valence-corrected chi connectivity index (χ0v) is 13.4. The highest BCUT2D eigenvalue weighted by Crippen LogP contribution is 2.32. The van der Waals surface area contributed by atoms with Crippen LogP contribution in [0.2, 0.25) is 0 Å². The Bertz CT molecular complexity index is 447. The molecule has 1 aromatic rings. The normalized spacial score (nSPS) is 26.6. The summed E-state index contributed by atoms with van der Waals surface area (Å²) in [4.78, 5) is 2.55. The van der Waals surface area contributed by atoms with Gasteiger partial charge in [0.2, 0.25) is 0 Å². The molecule has 1 aliphatic rings. The van der Waals surface area contributed by atoms with Crippen LogP contribution in [0.5, 0.6) is 5.75 Å². The van der Waals surface area contributed by atoms with Crippen molar-refractivity contribution in [2.24, 2.45) is 5.92 Å². The zero-order valence-electron chi connectivity index (χ0n) is 13.4. The smallest absolute Gasteiger partial charge is 0.119 e. The lowest BCUT2D eigenvalue weighted by molar-refractivity contribution is 0.274. The molecule has 112 valence electrons. The Morgan fingerprint density at radius 3 is 2.70 bits per heavy atom. The fourth-order valence-electron chi connectivity index (χ4n) is 3.33. The third-order valence-corrected chi connectivity index (χ3v) is 4.75. The van der Waals surface area contributed by atoms with Gasteiger partial charge in [0.25, 0.3) is 0 Å². The molecule has 0 aliphatic carbocycles. The van der Waals surface area contributed by atoms with Crippen LogP contribution in [0.4, 0.5) is 5.69 Å². The SMILES string of the molecule is CCNC1CCN(c2ccc(OC)cc2C)C(C)C1C. The molecule has 3 heteroatoms. The number of methoxy groups -OCH3 is 1. The molecule has 0 radical (unpaired) electrons. The lowest BCUT2D eigenvalue weighted by atomic mass is 9.86.